The Hall–Kier alpha value is -3.10. The summed E-state index contributed by atoms with van der Waals surface area (Å²) in [6, 6.07) is 6.16. The van der Waals surface area contributed by atoms with Gasteiger partial charge in [0, 0.05) is 5.39 Å². The SMILES string of the molecule is NC(=O)N(Cc1cc(F)cc(C(F)(F)F)c1)c1cccc2[nH]ncc12. The van der Waals surface area contributed by atoms with Gasteiger partial charge in [-0.25, -0.2) is 9.18 Å². The summed E-state index contributed by atoms with van der Waals surface area (Å²) in [5.74, 6) is -1.05. The number of carbonyl (C=O) groups excluding carboxylic acids is 1. The number of urea groups is 1. The lowest BCUT2D eigenvalue weighted by molar-refractivity contribution is -0.137. The molecule has 130 valence electrons. The van der Waals surface area contributed by atoms with Crippen molar-refractivity contribution in [3.63, 3.8) is 0 Å². The zero-order valence-electron chi connectivity index (χ0n) is 12.6. The van der Waals surface area contributed by atoms with E-state index in [0.717, 1.165) is 17.0 Å². The first-order valence-electron chi connectivity index (χ1n) is 7.11. The second kappa shape index (κ2) is 6.08. The molecule has 1 aromatic heterocycles. The van der Waals surface area contributed by atoms with Crippen LogP contribution in [0.25, 0.3) is 10.9 Å². The van der Waals surface area contributed by atoms with E-state index >= 15 is 0 Å². The van der Waals surface area contributed by atoms with Crippen molar-refractivity contribution in [3.05, 3.63) is 59.5 Å². The van der Waals surface area contributed by atoms with Crippen LogP contribution in [0, 0.1) is 5.82 Å². The lowest BCUT2D eigenvalue weighted by Gasteiger charge is -2.22. The summed E-state index contributed by atoms with van der Waals surface area (Å²) < 4.78 is 52.1. The molecule has 3 rings (SSSR count). The topological polar surface area (TPSA) is 75.0 Å². The highest BCUT2D eigenvalue weighted by atomic mass is 19.4. The number of aromatic nitrogens is 2. The number of fused-ring (bicyclic) bond motifs is 1. The van der Waals surface area contributed by atoms with E-state index in [9.17, 15) is 22.4 Å². The highest BCUT2D eigenvalue weighted by Gasteiger charge is 2.31. The number of alkyl halides is 3. The van der Waals surface area contributed by atoms with Crippen molar-refractivity contribution < 1.29 is 22.4 Å². The normalized spacial score (nSPS) is 11.7. The summed E-state index contributed by atoms with van der Waals surface area (Å²) in [7, 11) is 0. The Kier molecular flexibility index (Phi) is 4.07. The van der Waals surface area contributed by atoms with Gasteiger partial charge in [0.05, 0.1) is 29.5 Å². The molecule has 0 radical (unpaired) electrons. The van der Waals surface area contributed by atoms with Gasteiger partial charge in [0.1, 0.15) is 5.82 Å². The fraction of sp³-hybridized carbons (Fsp3) is 0.125. The predicted molar refractivity (Wildman–Crippen MR) is 83.3 cm³/mol. The molecule has 0 atom stereocenters. The van der Waals surface area contributed by atoms with Gasteiger partial charge in [-0.05, 0) is 35.9 Å². The van der Waals surface area contributed by atoms with Crippen molar-refractivity contribution >= 4 is 22.6 Å². The molecular formula is C16H12F4N4O. The monoisotopic (exact) mass is 352 g/mol. The molecule has 0 aliphatic heterocycles. The molecule has 3 N–H and O–H groups in total. The number of nitrogens with one attached hydrogen (secondary N) is 1. The smallest absolute Gasteiger partial charge is 0.351 e. The minimum absolute atomic E-state index is 0.0355. The van der Waals surface area contributed by atoms with Gasteiger partial charge in [0.15, 0.2) is 0 Å². The lowest BCUT2D eigenvalue weighted by atomic mass is 10.1. The molecule has 0 spiro atoms. The van der Waals surface area contributed by atoms with Crippen molar-refractivity contribution in [1.82, 2.24) is 10.2 Å². The van der Waals surface area contributed by atoms with E-state index in [0.29, 0.717) is 22.7 Å². The molecule has 1 heterocycles. The van der Waals surface area contributed by atoms with Crippen molar-refractivity contribution in [3.8, 4) is 0 Å². The van der Waals surface area contributed by atoms with E-state index in [1.165, 1.54) is 6.20 Å². The number of benzene rings is 2. The second-order valence-electron chi connectivity index (χ2n) is 5.38. The molecule has 0 saturated heterocycles. The summed E-state index contributed by atoms with van der Waals surface area (Å²) in [5, 5.41) is 7.14. The first kappa shape index (κ1) is 16.7. The predicted octanol–water partition coefficient (Wildman–Crippen LogP) is 3.81. The number of nitrogens with two attached hydrogens (primary N) is 1. The number of anilines is 1. The minimum atomic E-state index is -4.70. The van der Waals surface area contributed by atoms with Gasteiger partial charge in [0.25, 0.3) is 0 Å². The van der Waals surface area contributed by atoms with Crippen LogP contribution in [0.15, 0.2) is 42.6 Å². The molecule has 9 heteroatoms. The van der Waals surface area contributed by atoms with Crippen LogP contribution in [-0.2, 0) is 12.7 Å². The fourth-order valence-corrected chi connectivity index (χ4v) is 2.56. The molecule has 3 aromatic rings. The van der Waals surface area contributed by atoms with Crippen LogP contribution in [0.2, 0.25) is 0 Å². The van der Waals surface area contributed by atoms with Crippen molar-refractivity contribution in [2.24, 2.45) is 5.73 Å². The number of hydrogen-bond acceptors (Lipinski definition) is 2. The molecule has 0 aliphatic carbocycles. The first-order valence-corrected chi connectivity index (χ1v) is 7.11. The van der Waals surface area contributed by atoms with E-state index in [2.05, 4.69) is 10.2 Å². The van der Waals surface area contributed by atoms with Gasteiger partial charge >= 0.3 is 12.2 Å². The average molecular weight is 352 g/mol. The molecule has 25 heavy (non-hydrogen) atoms. The van der Waals surface area contributed by atoms with E-state index in [1.807, 2.05) is 0 Å². The first-order chi connectivity index (χ1) is 11.8. The summed E-state index contributed by atoms with van der Waals surface area (Å²) in [5.41, 5.74) is 5.19. The Balaban J connectivity index is 2.03. The van der Waals surface area contributed by atoms with Crippen LogP contribution >= 0.6 is 0 Å². The van der Waals surface area contributed by atoms with Gasteiger partial charge in [0.2, 0.25) is 0 Å². The number of carbonyl (C=O) groups is 1. The highest BCUT2D eigenvalue weighted by molar-refractivity contribution is 6.01. The average Bonchev–Trinajstić information content (AvgIpc) is 2.99. The Morgan fingerprint density at radius 2 is 2.00 bits per heavy atom. The molecule has 2 amide bonds. The summed E-state index contributed by atoms with van der Waals surface area (Å²) in [6.45, 7) is -0.319. The molecular weight excluding hydrogens is 340 g/mol. The third-order valence-corrected chi connectivity index (χ3v) is 3.64. The maximum atomic E-state index is 13.6. The number of nitrogens with zero attached hydrogens (tertiary/aromatic N) is 2. The number of halogens is 4. The quantitative estimate of drug-likeness (QED) is 0.704. The molecule has 0 aliphatic rings. The van der Waals surface area contributed by atoms with Gasteiger partial charge in [-0.15, -0.1) is 0 Å². The molecule has 0 bridgehead atoms. The van der Waals surface area contributed by atoms with Crippen molar-refractivity contribution in [2.45, 2.75) is 12.7 Å². The number of amides is 2. The Morgan fingerprint density at radius 3 is 2.68 bits per heavy atom. The van der Waals surface area contributed by atoms with Gasteiger partial charge < -0.3 is 5.73 Å². The second-order valence-corrected chi connectivity index (χ2v) is 5.38. The number of hydrogen-bond donors (Lipinski definition) is 2. The van der Waals surface area contributed by atoms with E-state index in [-0.39, 0.29) is 12.1 Å². The van der Waals surface area contributed by atoms with Crippen LogP contribution in [0.4, 0.5) is 28.0 Å². The minimum Gasteiger partial charge on any atom is -0.351 e. The molecule has 2 aromatic carbocycles. The lowest BCUT2D eigenvalue weighted by Crippen LogP contribution is -2.35. The number of rotatable bonds is 3. The van der Waals surface area contributed by atoms with Crippen LogP contribution in [-0.4, -0.2) is 16.2 Å². The largest absolute Gasteiger partial charge is 0.416 e. The van der Waals surface area contributed by atoms with Gasteiger partial charge in [-0.1, -0.05) is 6.07 Å². The number of aromatic amines is 1. The van der Waals surface area contributed by atoms with Crippen LogP contribution < -0.4 is 10.6 Å². The third kappa shape index (κ3) is 3.39. The van der Waals surface area contributed by atoms with Crippen LogP contribution in [0.1, 0.15) is 11.1 Å². The summed E-state index contributed by atoms with van der Waals surface area (Å²) >= 11 is 0. The highest BCUT2D eigenvalue weighted by Crippen LogP contribution is 2.32. The molecule has 0 saturated carbocycles. The summed E-state index contributed by atoms with van der Waals surface area (Å²) in [6.07, 6.45) is -3.23. The number of primary amides is 1. The van der Waals surface area contributed by atoms with E-state index in [4.69, 9.17) is 5.73 Å². The van der Waals surface area contributed by atoms with Gasteiger partial charge in [-0.2, -0.15) is 18.3 Å². The maximum Gasteiger partial charge on any atom is 0.416 e. The van der Waals surface area contributed by atoms with Crippen molar-refractivity contribution in [2.75, 3.05) is 4.90 Å². The zero-order chi connectivity index (χ0) is 18.2. The fourth-order valence-electron chi connectivity index (χ4n) is 2.56. The standard InChI is InChI=1S/C16H12F4N4O/c17-11-5-9(4-10(6-11)16(18,19)20)8-24(15(21)25)14-3-1-2-13-12(14)7-22-23-13/h1-7H,8H2,(H2,21,25)(H,22,23). The molecule has 0 unspecified atom stereocenters. The van der Waals surface area contributed by atoms with E-state index < -0.39 is 23.6 Å². The third-order valence-electron chi connectivity index (χ3n) is 3.64. The maximum absolute atomic E-state index is 13.6. The Morgan fingerprint density at radius 1 is 1.24 bits per heavy atom. The van der Waals surface area contributed by atoms with E-state index in [1.54, 1.807) is 18.2 Å². The summed E-state index contributed by atoms with van der Waals surface area (Å²) in [4.78, 5) is 12.9. The molecule has 0 fully saturated rings. The van der Waals surface area contributed by atoms with Crippen molar-refractivity contribution in [1.29, 1.82) is 0 Å². The van der Waals surface area contributed by atoms with Crippen LogP contribution in [0.5, 0.6) is 0 Å². The van der Waals surface area contributed by atoms with Crippen LogP contribution in [0.3, 0.4) is 0 Å². The zero-order valence-corrected chi connectivity index (χ0v) is 12.6. The van der Waals surface area contributed by atoms with Gasteiger partial charge in [-0.3, -0.25) is 10.00 Å². The molecule has 5 nitrogen and oxygen atoms in total. The number of H-pyrrole nitrogens is 1. The Labute approximate surface area is 139 Å². The Bertz CT molecular complexity index is 935.